The fourth-order valence-corrected chi connectivity index (χ4v) is 10.0. The third kappa shape index (κ3) is 6.78. The molecule has 1 aliphatic heterocycles. The molecule has 0 aliphatic carbocycles. The quantitative estimate of drug-likeness (QED) is 0.169. The molecule has 0 saturated carbocycles. The van der Waals surface area contributed by atoms with Crippen LogP contribution in [0.1, 0.15) is 38.3 Å². The SMILES string of the molecule is CCCSc1sc2nc(N3CCOCC3)cc(C)c2c1N.Cc1cc(-c2nccs2)nc2sc(SC(C)C)c(N)c12. The Labute approximate surface area is 262 Å². The molecule has 6 rings (SSSR count). The second-order valence-electron chi connectivity index (χ2n) is 10.0. The summed E-state index contributed by atoms with van der Waals surface area (Å²) in [6.07, 6.45) is 2.97. The van der Waals surface area contributed by atoms with Crippen LogP contribution in [-0.2, 0) is 4.74 Å². The van der Waals surface area contributed by atoms with Crippen LogP contribution in [0.3, 0.4) is 0 Å². The van der Waals surface area contributed by atoms with E-state index in [1.54, 1.807) is 45.8 Å². The topological polar surface area (TPSA) is 103 Å². The molecule has 5 aromatic heterocycles. The van der Waals surface area contributed by atoms with Gasteiger partial charge in [0.1, 0.15) is 26.2 Å². The Morgan fingerprint density at radius 1 is 0.976 bits per heavy atom. The summed E-state index contributed by atoms with van der Waals surface area (Å²) in [6.45, 7) is 14.2. The molecule has 1 saturated heterocycles. The molecule has 0 bridgehead atoms. The van der Waals surface area contributed by atoms with Gasteiger partial charge in [0.2, 0.25) is 0 Å². The van der Waals surface area contributed by atoms with Gasteiger partial charge in [-0.1, -0.05) is 20.8 Å². The van der Waals surface area contributed by atoms with Crippen LogP contribution >= 0.6 is 57.5 Å². The molecule has 0 amide bonds. The molecule has 41 heavy (non-hydrogen) atoms. The van der Waals surface area contributed by atoms with Crippen molar-refractivity contribution in [1.82, 2.24) is 15.0 Å². The van der Waals surface area contributed by atoms with Gasteiger partial charge < -0.3 is 21.1 Å². The van der Waals surface area contributed by atoms with Crippen molar-refractivity contribution in [2.75, 3.05) is 48.4 Å². The molecule has 6 heterocycles. The number of rotatable bonds is 7. The van der Waals surface area contributed by atoms with Crippen molar-refractivity contribution in [3.63, 3.8) is 0 Å². The number of nitrogens with two attached hydrogens (primary N) is 2. The lowest BCUT2D eigenvalue weighted by molar-refractivity contribution is 0.122. The fraction of sp³-hybridized carbons (Fsp3) is 0.414. The number of thiazole rings is 1. The number of hydrogen-bond donors (Lipinski definition) is 2. The van der Waals surface area contributed by atoms with Crippen molar-refractivity contribution < 1.29 is 4.74 Å². The van der Waals surface area contributed by atoms with Crippen LogP contribution in [0.2, 0.25) is 0 Å². The van der Waals surface area contributed by atoms with Crippen LogP contribution in [0.5, 0.6) is 0 Å². The number of morpholine rings is 1. The van der Waals surface area contributed by atoms with E-state index < -0.39 is 0 Å². The summed E-state index contributed by atoms with van der Waals surface area (Å²) < 4.78 is 7.79. The molecular formula is C29H36N6OS5. The smallest absolute Gasteiger partial charge is 0.141 e. The fourth-order valence-electron chi connectivity index (χ4n) is 4.58. The van der Waals surface area contributed by atoms with Gasteiger partial charge in [0.05, 0.1) is 33.0 Å². The van der Waals surface area contributed by atoms with E-state index in [4.69, 9.17) is 26.2 Å². The molecule has 0 unspecified atom stereocenters. The second kappa shape index (κ2) is 13.5. The number of fused-ring (bicyclic) bond motifs is 2. The van der Waals surface area contributed by atoms with Gasteiger partial charge in [-0.15, -0.1) is 57.5 Å². The van der Waals surface area contributed by atoms with Gasteiger partial charge in [0.25, 0.3) is 0 Å². The summed E-state index contributed by atoms with van der Waals surface area (Å²) in [6, 6.07) is 4.24. The molecule has 4 N–H and O–H groups in total. The lowest BCUT2D eigenvalue weighted by Crippen LogP contribution is -2.36. The number of ether oxygens (including phenoxy) is 1. The minimum absolute atomic E-state index is 0.518. The zero-order valence-electron chi connectivity index (χ0n) is 24.0. The molecule has 5 aromatic rings. The molecule has 0 aromatic carbocycles. The summed E-state index contributed by atoms with van der Waals surface area (Å²) in [5.41, 5.74) is 17.7. The molecule has 0 spiro atoms. The lowest BCUT2D eigenvalue weighted by atomic mass is 10.1. The van der Waals surface area contributed by atoms with Crippen LogP contribution in [0.15, 0.2) is 32.1 Å². The molecular weight excluding hydrogens is 609 g/mol. The van der Waals surface area contributed by atoms with Crippen LogP contribution in [0.25, 0.3) is 31.1 Å². The van der Waals surface area contributed by atoms with E-state index in [0.29, 0.717) is 5.25 Å². The Morgan fingerprint density at radius 3 is 2.29 bits per heavy atom. The lowest BCUT2D eigenvalue weighted by Gasteiger charge is -2.28. The Bertz CT molecular complexity index is 1620. The number of thiophene rings is 2. The van der Waals surface area contributed by atoms with Gasteiger partial charge >= 0.3 is 0 Å². The highest BCUT2D eigenvalue weighted by molar-refractivity contribution is 8.02. The normalized spacial score (nSPS) is 13.8. The third-order valence-electron chi connectivity index (χ3n) is 6.48. The standard InChI is InChI=1S/C15H21N3OS2.C14H15N3S3/c1-3-8-20-15-13(16)12-10(2)9-11(17-14(12)21-15)18-4-6-19-7-5-18;1-7(2)19-14-11(15)10-8(3)6-9(17-13(10)20-14)12-16-4-5-18-12/h9H,3-8,16H2,1-2H3;4-7H,15H2,1-3H3. The first kappa shape index (κ1) is 30.4. The minimum Gasteiger partial charge on any atom is -0.397 e. The summed E-state index contributed by atoms with van der Waals surface area (Å²) in [4.78, 5) is 18.3. The van der Waals surface area contributed by atoms with Crippen LogP contribution in [-0.4, -0.2) is 52.3 Å². The van der Waals surface area contributed by atoms with Crippen molar-refractivity contribution in [2.24, 2.45) is 0 Å². The zero-order valence-corrected chi connectivity index (χ0v) is 28.1. The monoisotopic (exact) mass is 644 g/mol. The first-order chi connectivity index (χ1) is 19.8. The number of aryl methyl sites for hydroxylation is 2. The van der Waals surface area contributed by atoms with Gasteiger partial charge in [-0.3, -0.25) is 0 Å². The third-order valence-corrected chi connectivity index (χ3v) is 12.2. The van der Waals surface area contributed by atoms with E-state index in [0.717, 1.165) is 86.8 Å². The van der Waals surface area contributed by atoms with E-state index in [2.05, 4.69) is 56.6 Å². The van der Waals surface area contributed by atoms with Crippen LogP contribution in [0.4, 0.5) is 17.2 Å². The number of nitrogen functional groups attached to an aromatic ring is 2. The first-order valence-electron chi connectivity index (χ1n) is 13.7. The maximum Gasteiger partial charge on any atom is 0.141 e. The van der Waals surface area contributed by atoms with E-state index in [-0.39, 0.29) is 0 Å². The number of hydrogen-bond acceptors (Lipinski definition) is 12. The van der Waals surface area contributed by atoms with Crippen molar-refractivity contribution in [3.05, 3.63) is 34.8 Å². The highest BCUT2D eigenvalue weighted by atomic mass is 32.2. The molecule has 1 aliphatic rings. The zero-order chi connectivity index (χ0) is 29.1. The Morgan fingerprint density at radius 2 is 1.63 bits per heavy atom. The molecule has 0 atom stereocenters. The Hall–Kier alpha value is -2.09. The number of thioether (sulfide) groups is 2. The Kier molecular flexibility index (Phi) is 9.98. The van der Waals surface area contributed by atoms with E-state index in [1.807, 2.05) is 23.3 Å². The summed E-state index contributed by atoms with van der Waals surface area (Å²) in [5, 5.41) is 5.68. The summed E-state index contributed by atoms with van der Waals surface area (Å²) in [7, 11) is 0. The van der Waals surface area contributed by atoms with Crippen molar-refractivity contribution in [3.8, 4) is 10.7 Å². The van der Waals surface area contributed by atoms with Gasteiger partial charge in [-0.2, -0.15) is 0 Å². The number of anilines is 3. The first-order valence-corrected chi connectivity index (χ1v) is 18.1. The number of pyridine rings is 2. The maximum atomic E-state index is 6.33. The van der Waals surface area contributed by atoms with Crippen molar-refractivity contribution >= 4 is 95.2 Å². The highest BCUT2D eigenvalue weighted by Crippen LogP contribution is 2.44. The largest absolute Gasteiger partial charge is 0.397 e. The average molecular weight is 645 g/mol. The number of aromatic nitrogens is 3. The Balaban J connectivity index is 0.000000165. The van der Waals surface area contributed by atoms with Gasteiger partial charge in [-0.25, -0.2) is 15.0 Å². The van der Waals surface area contributed by atoms with Crippen molar-refractivity contribution in [2.45, 2.75) is 54.7 Å². The molecule has 7 nitrogen and oxygen atoms in total. The maximum absolute atomic E-state index is 6.33. The summed E-state index contributed by atoms with van der Waals surface area (Å²) >= 11 is 8.66. The summed E-state index contributed by atoms with van der Waals surface area (Å²) in [5.74, 6) is 2.16. The second-order valence-corrected chi connectivity index (χ2v) is 16.1. The predicted molar refractivity (Wildman–Crippen MR) is 184 cm³/mol. The van der Waals surface area contributed by atoms with Crippen LogP contribution < -0.4 is 16.4 Å². The average Bonchev–Trinajstić information content (AvgIpc) is 3.67. The van der Waals surface area contributed by atoms with Gasteiger partial charge in [0, 0.05) is 40.7 Å². The van der Waals surface area contributed by atoms with Crippen LogP contribution in [0, 0.1) is 13.8 Å². The van der Waals surface area contributed by atoms with E-state index >= 15 is 0 Å². The molecule has 1 fully saturated rings. The molecule has 218 valence electrons. The van der Waals surface area contributed by atoms with Gasteiger partial charge in [-0.05, 0) is 49.3 Å². The number of nitrogens with zero attached hydrogens (tertiary/aromatic N) is 4. The predicted octanol–water partition coefficient (Wildman–Crippen LogP) is 8.34. The van der Waals surface area contributed by atoms with Crippen molar-refractivity contribution in [1.29, 1.82) is 0 Å². The molecule has 12 heteroatoms. The van der Waals surface area contributed by atoms with E-state index in [1.165, 1.54) is 19.5 Å². The van der Waals surface area contributed by atoms with Gasteiger partial charge in [0.15, 0.2) is 0 Å². The van der Waals surface area contributed by atoms with E-state index in [9.17, 15) is 0 Å². The highest BCUT2D eigenvalue weighted by Gasteiger charge is 2.19. The molecule has 0 radical (unpaired) electrons. The minimum atomic E-state index is 0.518.